The first-order valence-electron chi connectivity index (χ1n) is 9.74. The molecule has 1 atom stereocenters. The fourth-order valence-electron chi connectivity index (χ4n) is 3.85. The topological polar surface area (TPSA) is 77.1 Å². The van der Waals surface area contributed by atoms with Crippen molar-refractivity contribution in [2.75, 3.05) is 23.3 Å². The molecule has 0 radical (unpaired) electrons. The normalized spacial score (nSPS) is 17.4. The highest BCUT2D eigenvalue weighted by Gasteiger charge is 2.19. The monoisotopic (exact) mass is 365 g/mol. The zero-order valence-corrected chi connectivity index (χ0v) is 16.0. The summed E-state index contributed by atoms with van der Waals surface area (Å²) in [4.78, 5) is 14.6. The molecule has 0 amide bonds. The Morgan fingerprint density at radius 2 is 2.22 bits per heavy atom. The van der Waals surface area contributed by atoms with E-state index < -0.39 is 0 Å². The minimum absolute atomic E-state index is 0.269. The van der Waals surface area contributed by atoms with Crippen molar-refractivity contribution >= 4 is 22.7 Å². The van der Waals surface area contributed by atoms with E-state index in [4.69, 9.17) is 0 Å². The zero-order valence-electron chi connectivity index (χ0n) is 16.0. The third-order valence-corrected chi connectivity index (χ3v) is 5.39. The summed E-state index contributed by atoms with van der Waals surface area (Å²) in [7, 11) is 0. The van der Waals surface area contributed by atoms with Gasteiger partial charge >= 0.3 is 0 Å². The number of piperidine rings is 1. The molecule has 142 valence electrons. The molecule has 1 aliphatic rings. The molecular formula is C21H27N5O. The van der Waals surface area contributed by atoms with E-state index in [9.17, 15) is 5.11 Å². The number of hydrogen-bond donors (Lipinski definition) is 3. The summed E-state index contributed by atoms with van der Waals surface area (Å²) in [6.45, 7) is 6.59. The minimum Gasteiger partial charge on any atom is -0.391 e. The molecule has 0 bridgehead atoms. The zero-order chi connectivity index (χ0) is 18.8. The number of aromatic nitrogens is 3. The number of fused-ring (bicyclic) bond motifs is 1. The Kier molecular flexibility index (Phi) is 4.99. The third kappa shape index (κ3) is 3.76. The molecule has 6 heteroatoms. The number of nitrogens with zero attached hydrogens (tertiary/aromatic N) is 3. The van der Waals surface area contributed by atoms with E-state index in [-0.39, 0.29) is 6.10 Å². The molecule has 1 saturated heterocycles. The molecule has 4 rings (SSSR count). The molecule has 1 fully saturated rings. The number of nitrogens with one attached hydrogen (secondary N) is 2. The second kappa shape index (κ2) is 7.56. The fourth-order valence-corrected chi connectivity index (χ4v) is 3.85. The Labute approximate surface area is 159 Å². The first-order valence-corrected chi connectivity index (χ1v) is 9.74. The number of aromatic amines is 1. The van der Waals surface area contributed by atoms with Gasteiger partial charge in [-0.05, 0) is 55.5 Å². The van der Waals surface area contributed by atoms with Crippen LogP contribution in [-0.4, -0.2) is 39.3 Å². The van der Waals surface area contributed by atoms with Crippen molar-refractivity contribution in [2.45, 2.75) is 45.8 Å². The van der Waals surface area contributed by atoms with E-state index >= 15 is 0 Å². The summed E-state index contributed by atoms with van der Waals surface area (Å²) in [6, 6.07) is 8.42. The lowest BCUT2D eigenvalue weighted by atomic mass is 10.1. The smallest absolute Gasteiger partial charge is 0.224 e. The minimum atomic E-state index is -0.269. The number of anilines is 2. The molecule has 6 nitrogen and oxygen atoms in total. The Hall–Kier alpha value is -2.60. The maximum atomic E-state index is 9.89. The largest absolute Gasteiger partial charge is 0.391 e. The highest BCUT2D eigenvalue weighted by atomic mass is 16.3. The van der Waals surface area contributed by atoms with Crippen molar-refractivity contribution in [1.82, 2.24) is 15.0 Å². The van der Waals surface area contributed by atoms with Crippen LogP contribution >= 0.6 is 0 Å². The molecular weight excluding hydrogens is 338 g/mol. The molecule has 1 unspecified atom stereocenters. The van der Waals surface area contributed by atoms with Gasteiger partial charge in [0, 0.05) is 42.4 Å². The van der Waals surface area contributed by atoms with Crippen molar-refractivity contribution in [1.29, 1.82) is 0 Å². The second-order valence-electron chi connectivity index (χ2n) is 7.30. The first-order chi connectivity index (χ1) is 13.1. The van der Waals surface area contributed by atoms with Crippen LogP contribution in [-0.2, 0) is 13.0 Å². The van der Waals surface area contributed by atoms with Crippen molar-refractivity contribution in [2.24, 2.45) is 0 Å². The Bertz CT molecular complexity index is 935. The average Bonchev–Trinajstić information content (AvgIpc) is 3.02. The SMILES string of the molecule is CCc1[nH]c2ccc(CNc3nccc(N4CCCC(O)C4)n3)cc2c1C. The molecule has 3 heterocycles. The van der Waals surface area contributed by atoms with E-state index in [0.29, 0.717) is 19.0 Å². The highest BCUT2D eigenvalue weighted by Crippen LogP contribution is 2.24. The van der Waals surface area contributed by atoms with Crippen LogP contribution in [0.3, 0.4) is 0 Å². The van der Waals surface area contributed by atoms with Gasteiger partial charge in [-0.3, -0.25) is 0 Å². The number of β-amino-alcohol motifs (C(OH)–C–C–N with tert-alkyl or cyclic N) is 1. The number of aliphatic hydroxyl groups excluding tert-OH is 1. The maximum absolute atomic E-state index is 9.89. The van der Waals surface area contributed by atoms with Crippen molar-refractivity contribution in [3.05, 3.63) is 47.3 Å². The van der Waals surface area contributed by atoms with Crippen LogP contribution in [0.2, 0.25) is 0 Å². The number of aryl methyl sites for hydroxylation is 2. The van der Waals surface area contributed by atoms with E-state index in [1.807, 2.05) is 6.07 Å². The number of benzene rings is 1. The van der Waals surface area contributed by atoms with Crippen molar-refractivity contribution in [3.8, 4) is 0 Å². The average molecular weight is 365 g/mol. The molecule has 3 aromatic rings. The second-order valence-corrected chi connectivity index (χ2v) is 7.30. The molecule has 1 aliphatic heterocycles. The molecule has 3 N–H and O–H groups in total. The lowest BCUT2D eigenvalue weighted by Gasteiger charge is -2.31. The standard InChI is InChI=1S/C21H27N5O/c1-3-18-14(2)17-11-15(6-7-19(17)24-18)12-23-21-22-9-8-20(25-21)26-10-4-5-16(27)13-26/h6-9,11,16,24,27H,3-5,10,12-13H2,1-2H3,(H,22,23,25). The molecule has 27 heavy (non-hydrogen) atoms. The van der Waals surface area contributed by atoms with Gasteiger partial charge in [-0.15, -0.1) is 0 Å². The lowest BCUT2D eigenvalue weighted by Crippen LogP contribution is -2.38. The van der Waals surface area contributed by atoms with Gasteiger partial charge in [-0.2, -0.15) is 4.98 Å². The van der Waals surface area contributed by atoms with Crippen molar-refractivity contribution < 1.29 is 5.11 Å². The van der Waals surface area contributed by atoms with Gasteiger partial charge in [0.1, 0.15) is 5.82 Å². The molecule has 0 spiro atoms. The van der Waals surface area contributed by atoms with Crippen LogP contribution in [0.15, 0.2) is 30.5 Å². The van der Waals surface area contributed by atoms with Crippen LogP contribution in [0.5, 0.6) is 0 Å². The summed E-state index contributed by atoms with van der Waals surface area (Å²) in [5.74, 6) is 1.49. The fraction of sp³-hybridized carbons (Fsp3) is 0.429. The number of rotatable bonds is 5. The van der Waals surface area contributed by atoms with Crippen LogP contribution in [0.4, 0.5) is 11.8 Å². The van der Waals surface area contributed by atoms with Gasteiger partial charge in [0.25, 0.3) is 0 Å². The van der Waals surface area contributed by atoms with Crippen LogP contribution in [0.1, 0.15) is 36.6 Å². The summed E-state index contributed by atoms with van der Waals surface area (Å²) in [5, 5.41) is 14.5. The van der Waals surface area contributed by atoms with Crippen LogP contribution in [0.25, 0.3) is 10.9 Å². The van der Waals surface area contributed by atoms with Gasteiger partial charge in [0.15, 0.2) is 0 Å². The van der Waals surface area contributed by atoms with E-state index in [2.05, 4.69) is 57.2 Å². The van der Waals surface area contributed by atoms with E-state index in [1.54, 1.807) is 6.20 Å². The molecule has 2 aromatic heterocycles. The molecule has 1 aromatic carbocycles. The number of aliphatic hydroxyl groups is 1. The first kappa shape index (κ1) is 17.8. The summed E-state index contributed by atoms with van der Waals surface area (Å²) in [6.07, 6.45) is 4.38. The number of H-pyrrole nitrogens is 1. The van der Waals surface area contributed by atoms with Gasteiger partial charge in [-0.1, -0.05) is 13.0 Å². The number of hydrogen-bond acceptors (Lipinski definition) is 5. The maximum Gasteiger partial charge on any atom is 0.224 e. The van der Waals surface area contributed by atoms with E-state index in [0.717, 1.165) is 31.6 Å². The quantitative estimate of drug-likeness (QED) is 0.646. The van der Waals surface area contributed by atoms with Gasteiger partial charge in [-0.25, -0.2) is 4.98 Å². The predicted molar refractivity (Wildman–Crippen MR) is 109 cm³/mol. The van der Waals surface area contributed by atoms with Crippen LogP contribution in [0, 0.1) is 6.92 Å². The summed E-state index contributed by atoms with van der Waals surface area (Å²) < 4.78 is 0. The van der Waals surface area contributed by atoms with Crippen LogP contribution < -0.4 is 10.2 Å². The summed E-state index contributed by atoms with van der Waals surface area (Å²) in [5.41, 5.74) is 5.02. The Morgan fingerprint density at radius 3 is 3.04 bits per heavy atom. The van der Waals surface area contributed by atoms with Gasteiger partial charge in [0.05, 0.1) is 6.10 Å². The Balaban J connectivity index is 1.48. The highest BCUT2D eigenvalue weighted by molar-refractivity contribution is 5.85. The predicted octanol–water partition coefficient (Wildman–Crippen LogP) is 3.40. The van der Waals surface area contributed by atoms with Gasteiger partial charge in [0.2, 0.25) is 5.95 Å². The lowest BCUT2D eigenvalue weighted by molar-refractivity contribution is 0.154. The van der Waals surface area contributed by atoms with Gasteiger partial charge < -0.3 is 20.3 Å². The molecule has 0 saturated carbocycles. The third-order valence-electron chi connectivity index (χ3n) is 5.39. The Morgan fingerprint density at radius 1 is 1.33 bits per heavy atom. The molecule has 0 aliphatic carbocycles. The summed E-state index contributed by atoms with van der Waals surface area (Å²) >= 11 is 0. The van der Waals surface area contributed by atoms with Crippen molar-refractivity contribution in [3.63, 3.8) is 0 Å². The van der Waals surface area contributed by atoms with E-state index in [1.165, 1.54) is 27.7 Å².